The monoisotopic (exact) mass is 264 g/mol. The summed E-state index contributed by atoms with van der Waals surface area (Å²) in [5.74, 6) is -0.0984. The van der Waals surface area contributed by atoms with Gasteiger partial charge in [0.15, 0.2) is 0 Å². The SMILES string of the molecule is CC(C)c1cc(C(=O)O)cc(N(CCO)C2CC2)n1. The number of aromatic nitrogens is 1. The van der Waals surface area contributed by atoms with Gasteiger partial charge in [0.05, 0.1) is 12.2 Å². The normalized spacial score (nSPS) is 14.7. The number of hydrogen-bond donors (Lipinski definition) is 2. The maximum Gasteiger partial charge on any atom is 0.335 e. The molecule has 0 atom stereocenters. The summed E-state index contributed by atoms with van der Waals surface area (Å²) in [6.07, 6.45) is 2.16. The molecular weight excluding hydrogens is 244 g/mol. The molecule has 5 heteroatoms. The van der Waals surface area contributed by atoms with Gasteiger partial charge in [-0.1, -0.05) is 13.8 Å². The van der Waals surface area contributed by atoms with Crippen molar-refractivity contribution in [2.24, 2.45) is 0 Å². The average molecular weight is 264 g/mol. The zero-order chi connectivity index (χ0) is 14.0. The third-order valence-electron chi connectivity index (χ3n) is 3.29. The average Bonchev–Trinajstić information content (AvgIpc) is 3.19. The molecule has 0 aromatic carbocycles. The summed E-state index contributed by atoms with van der Waals surface area (Å²) in [5, 5.41) is 18.3. The Morgan fingerprint density at radius 1 is 1.47 bits per heavy atom. The van der Waals surface area contributed by atoms with Crippen molar-refractivity contribution < 1.29 is 15.0 Å². The quantitative estimate of drug-likeness (QED) is 0.820. The Labute approximate surface area is 112 Å². The van der Waals surface area contributed by atoms with Crippen LogP contribution in [0, 0.1) is 0 Å². The van der Waals surface area contributed by atoms with Gasteiger partial charge in [0.2, 0.25) is 0 Å². The Balaban J connectivity index is 2.39. The van der Waals surface area contributed by atoms with E-state index in [1.807, 2.05) is 18.7 Å². The van der Waals surface area contributed by atoms with Gasteiger partial charge in [-0.25, -0.2) is 9.78 Å². The van der Waals surface area contributed by atoms with E-state index >= 15 is 0 Å². The number of nitrogens with zero attached hydrogens (tertiary/aromatic N) is 2. The van der Waals surface area contributed by atoms with Crippen molar-refractivity contribution in [2.75, 3.05) is 18.1 Å². The Kier molecular flexibility index (Phi) is 4.04. The smallest absolute Gasteiger partial charge is 0.335 e. The van der Waals surface area contributed by atoms with Crippen molar-refractivity contribution in [3.8, 4) is 0 Å². The fraction of sp³-hybridized carbons (Fsp3) is 0.571. The summed E-state index contributed by atoms with van der Waals surface area (Å²) in [6, 6.07) is 3.62. The molecule has 0 bridgehead atoms. The van der Waals surface area contributed by atoms with E-state index < -0.39 is 5.97 Å². The molecule has 1 aromatic rings. The number of carbonyl (C=O) groups is 1. The zero-order valence-electron chi connectivity index (χ0n) is 11.3. The van der Waals surface area contributed by atoms with Gasteiger partial charge in [0, 0.05) is 18.3 Å². The van der Waals surface area contributed by atoms with Crippen molar-refractivity contribution in [2.45, 2.75) is 38.6 Å². The van der Waals surface area contributed by atoms with Crippen molar-refractivity contribution >= 4 is 11.8 Å². The molecule has 104 valence electrons. The Morgan fingerprint density at radius 3 is 2.63 bits per heavy atom. The first-order valence-corrected chi connectivity index (χ1v) is 6.65. The van der Waals surface area contributed by atoms with Crippen LogP contribution in [0.4, 0.5) is 5.82 Å². The molecule has 0 unspecified atom stereocenters. The van der Waals surface area contributed by atoms with Gasteiger partial charge in [-0.2, -0.15) is 0 Å². The van der Waals surface area contributed by atoms with Gasteiger partial charge in [0.1, 0.15) is 5.82 Å². The molecule has 1 aromatic heterocycles. The molecule has 0 spiro atoms. The van der Waals surface area contributed by atoms with Crippen LogP contribution in [0.1, 0.15) is 48.7 Å². The molecule has 2 N–H and O–H groups in total. The van der Waals surface area contributed by atoms with Crippen molar-refractivity contribution in [1.29, 1.82) is 0 Å². The van der Waals surface area contributed by atoms with E-state index in [0.29, 0.717) is 18.4 Å². The molecule has 1 fully saturated rings. The second kappa shape index (κ2) is 5.57. The molecule has 0 amide bonds. The van der Waals surface area contributed by atoms with E-state index in [0.717, 1.165) is 18.5 Å². The number of anilines is 1. The van der Waals surface area contributed by atoms with Crippen LogP contribution in [0.2, 0.25) is 0 Å². The lowest BCUT2D eigenvalue weighted by Crippen LogP contribution is -2.30. The van der Waals surface area contributed by atoms with Crippen LogP contribution in [0.25, 0.3) is 0 Å². The van der Waals surface area contributed by atoms with E-state index in [9.17, 15) is 9.90 Å². The van der Waals surface area contributed by atoms with Crippen LogP contribution in [-0.2, 0) is 0 Å². The third-order valence-corrected chi connectivity index (χ3v) is 3.29. The summed E-state index contributed by atoms with van der Waals surface area (Å²) in [5.41, 5.74) is 1.04. The Hall–Kier alpha value is -1.62. The summed E-state index contributed by atoms with van der Waals surface area (Å²) in [7, 11) is 0. The number of carboxylic acid groups (broad SMARTS) is 1. The topological polar surface area (TPSA) is 73.7 Å². The molecule has 0 radical (unpaired) electrons. The zero-order valence-corrected chi connectivity index (χ0v) is 11.3. The Bertz CT molecular complexity index is 470. The summed E-state index contributed by atoms with van der Waals surface area (Å²) < 4.78 is 0. The van der Waals surface area contributed by atoms with Gasteiger partial charge in [-0.05, 0) is 30.9 Å². The van der Waals surface area contributed by atoms with Crippen molar-refractivity contribution in [3.63, 3.8) is 0 Å². The number of carboxylic acids is 1. The number of aromatic carboxylic acids is 1. The number of pyridine rings is 1. The van der Waals surface area contributed by atoms with E-state index in [1.165, 1.54) is 0 Å². The second-order valence-electron chi connectivity index (χ2n) is 5.25. The number of hydrogen-bond acceptors (Lipinski definition) is 4. The molecule has 1 saturated carbocycles. The van der Waals surface area contributed by atoms with Crippen molar-refractivity contribution in [3.05, 3.63) is 23.4 Å². The summed E-state index contributed by atoms with van der Waals surface area (Å²) in [6.45, 7) is 4.53. The lowest BCUT2D eigenvalue weighted by atomic mass is 10.1. The highest BCUT2D eigenvalue weighted by atomic mass is 16.4. The highest BCUT2D eigenvalue weighted by Gasteiger charge is 2.30. The highest BCUT2D eigenvalue weighted by Crippen LogP contribution is 2.31. The first-order chi connectivity index (χ1) is 9.02. The first kappa shape index (κ1) is 13.8. The van der Waals surface area contributed by atoms with Crippen LogP contribution in [0.5, 0.6) is 0 Å². The van der Waals surface area contributed by atoms with Crippen LogP contribution in [0.15, 0.2) is 12.1 Å². The molecule has 2 rings (SSSR count). The fourth-order valence-corrected chi connectivity index (χ4v) is 2.08. The highest BCUT2D eigenvalue weighted by molar-refractivity contribution is 5.88. The maximum atomic E-state index is 11.2. The first-order valence-electron chi connectivity index (χ1n) is 6.65. The molecule has 1 aliphatic rings. The standard InChI is InChI=1S/C14H20N2O3/c1-9(2)12-7-10(14(18)19)8-13(15-12)16(5-6-17)11-3-4-11/h7-9,11,17H,3-6H2,1-2H3,(H,18,19). The number of rotatable bonds is 6. The lowest BCUT2D eigenvalue weighted by molar-refractivity contribution is 0.0696. The molecule has 1 aliphatic carbocycles. The van der Waals surface area contributed by atoms with Gasteiger partial charge < -0.3 is 15.1 Å². The molecule has 1 heterocycles. The number of aliphatic hydroxyl groups is 1. The van der Waals surface area contributed by atoms with Crippen LogP contribution < -0.4 is 4.90 Å². The van der Waals surface area contributed by atoms with E-state index in [4.69, 9.17) is 5.11 Å². The minimum absolute atomic E-state index is 0.0481. The summed E-state index contributed by atoms with van der Waals surface area (Å²) >= 11 is 0. The van der Waals surface area contributed by atoms with Gasteiger partial charge >= 0.3 is 5.97 Å². The van der Waals surface area contributed by atoms with Gasteiger partial charge in [-0.15, -0.1) is 0 Å². The third kappa shape index (κ3) is 3.23. The minimum Gasteiger partial charge on any atom is -0.478 e. The van der Waals surface area contributed by atoms with E-state index in [1.54, 1.807) is 12.1 Å². The molecule has 0 saturated heterocycles. The largest absolute Gasteiger partial charge is 0.478 e. The van der Waals surface area contributed by atoms with Gasteiger partial charge in [-0.3, -0.25) is 0 Å². The van der Waals surface area contributed by atoms with Crippen LogP contribution >= 0.6 is 0 Å². The fourth-order valence-electron chi connectivity index (χ4n) is 2.08. The van der Waals surface area contributed by atoms with Crippen LogP contribution in [-0.4, -0.2) is 40.4 Å². The van der Waals surface area contributed by atoms with E-state index in [2.05, 4.69) is 4.98 Å². The predicted molar refractivity (Wildman–Crippen MR) is 72.7 cm³/mol. The van der Waals surface area contributed by atoms with Gasteiger partial charge in [0.25, 0.3) is 0 Å². The molecule has 19 heavy (non-hydrogen) atoms. The predicted octanol–water partition coefficient (Wildman–Crippen LogP) is 1.86. The minimum atomic E-state index is -0.940. The molecule has 0 aliphatic heterocycles. The maximum absolute atomic E-state index is 11.2. The summed E-state index contributed by atoms with van der Waals surface area (Å²) in [4.78, 5) is 17.8. The Morgan fingerprint density at radius 2 is 2.16 bits per heavy atom. The lowest BCUT2D eigenvalue weighted by Gasteiger charge is -2.24. The number of aliphatic hydroxyl groups excluding tert-OH is 1. The molecule has 5 nitrogen and oxygen atoms in total. The van der Waals surface area contributed by atoms with Crippen LogP contribution in [0.3, 0.4) is 0 Å². The molecular formula is C14H20N2O3. The van der Waals surface area contributed by atoms with E-state index in [-0.39, 0.29) is 18.1 Å². The van der Waals surface area contributed by atoms with Crippen molar-refractivity contribution in [1.82, 2.24) is 4.98 Å². The second-order valence-corrected chi connectivity index (χ2v) is 5.25.